The molecule has 0 unspecified atom stereocenters. The van der Waals surface area contributed by atoms with E-state index in [2.05, 4.69) is 10.3 Å². The smallest absolute Gasteiger partial charge is 0.308 e. The van der Waals surface area contributed by atoms with E-state index in [0.717, 1.165) is 0 Å². The first-order chi connectivity index (χ1) is 14.4. The molecule has 0 aliphatic carbocycles. The second-order valence-corrected chi connectivity index (χ2v) is 7.14. The molecule has 0 radical (unpaired) electrons. The molecule has 156 valence electrons. The number of carbonyl (C=O) groups is 2. The van der Waals surface area contributed by atoms with Crippen LogP contribution in [-0.4, -0.2) is 30.1 Å². The average Bonchev–Trinajstić information content (AvgIpc) is 2.72. The number of hydrogen-bond acceptors (Lipinski definition) is 5. The molecule has 0 fully saturated rings. The molecule has 3 aromatic rings. The zero-order chi connectivity index (χ0) is 21.7. The van der Waals surface area contributed by atoms with Crippen LogP contribution in [0.25, 0.3) is 10.8 Å². The summed E-state index contributed by atoms with van der Waals surface area (Å²) >= 11 is 0. The number of ether oxygens (including phenoxy) is 2. The van der Waals surface area contributed by atoms with Crippen LogP contribution in [0.2, 0.25) is 0 Å². The molecule has 0 aliphatic rings. The highest BCUT2D eigenvalue weighted by Gasteiger charge is 2.21. The number of nitrogens with one attached hydrogen (secondary N) is 2. The largest absolute Gasteiger partial charge is 0.497 e. The zero-order valence-corrected chi connectivity index (χ0v) is 17.1. The third-order valence-corrected chi connectivity index (χ3v) is 4.56. The number of fused-ring (bicyclic) bond motifs is 1. The maximum Gasteiger partial charge on any atom is 0.308 e. The van der Waals surface area contributed by atoms with Gasteiger partial charge in [-0.15, -0.1) is 0 Å². The van der Waals surface area contributed by atoms with Gasteiger partial charge in [0.15, 0.2) is 0 Å². The second-order valence-electron chi connectivity index (χ2n) is 7.14. The van der Waals surface area contributed by atoms with Crippen molar-refractivity contribution in [3.63, 3.8) is 0 Å². The van der Waals surface area contributed by atoms with E-state index in [4.69, 9.17) is 9.47 Å². The summed E-state index contributed by atoms with van der Waals surface area (Å²) in [6.45, 7) is 3.53. The summed E-state index contributed by atoms with van der Waals surface area (Å²) in [5, 5.41) is 3.99. The third-order valence-electron chi connectivity index (χ3n) is 4.56. The fourth-order valence-electron chi connectivity index (χ4n) is 3.14. The molecule has 0 saturated carbocycles. The molecule has 1 atom stereocenters. The summed E-state index contributed by atoms with van der Waals surface area (Å²) in [6, 6.07) is 15.0. The number of pyridine rings is 1. The van der Waals surface area contributed by atoms with Crippen molar-refractivity contribution in [2.24, 2.45) is 0 Å². The molecule has 0 bridgehead atoms. The molecule has 0 aliphatic heterocycles. The van der Waals surface area contributed by atoms with Gasteiger partial charge < -0.3 is 19.8 Å². The van der Waals surface area contributed by atoms with Crippen LogP contribution < -0.4 is 15.6 Å². The van der Waals surface area contributed by atoms with Gasteiger partial charge in [-0.25, -0.2) is 0 Å². The Bertz CT molecular complexity index is 1100. The van der Waals surface area contributed by atoms with Crippen LogP contribution in [0.1, 0.15) is 42.4 Å². The van der Waals surface area contributed by atoms with E-state index < -0.39 is 17.9 Å². The number of rotatable bonds is 7. The van der Waals surface area contributed by atoms with Crippen LogP contribution in [0.5, 0.6) is 5.75 Å². The Labute approximate surface area is 174 Å². The van der Waals surface area contributed by atoms with E-state index in [-0.39, 0.29) is 23.8 Å². The Kier molecular flexibility index (Phi) is 6.51. The van der Waals surface area contributed by atoms with Crippen molar-refractivity contribution in [3.05, 3.63) is 76.2 Å². The zero-order valence-electron chi connectivity index (χ0n) is 17.1. The van der Waals surface area contributed by atoms with Crippen LogP contribution in [0.4, 0.5) is 0 Å². The first kappa shape index (κ1) is 21.1. The number of H-pyrrole nitrogens is 1. The number of aromatic nitrogens is 1. The number of benzene rings is 2. The predicted molar refractivity (Wildman–Crippen MR) is 114 cm³/mol. The predicted octanol–water partition coefficient (Wildman–Crippen LogP) is 3.35. The summed E-state index contributed by atoms with van der Waals surface area (Å²) in [7, 11) is 1.56. The molecule has 0 spiro atoms. The molecule has 7 nitrogen and oxygen atoms in total. The molecule has 30 heavy (non-hydrogen) atoms. The lowest BCUT2D eigenvalue weighted by Gasteiger charge is -2.20. The third kappa shape index (κ3) is 5.05. The van der Waals surface area contributed by atoms with Crippen molar-refractivity contribution >= 4 is 22.6 Å². The maximum absolute atomic E-state index is 12.9. The lowest BCUT2D eigenvalue weighted by Crippen LogP contribution is -2.32. The highest BCUT2D eigenvalue weighted by atomic mass is 16.5. The molecular weight excluding hydrogens is 384 g/mol. The van der Waals surface area contributed by atoms with Crippen molar-refractivity contribution in [2.75, 3.05) is 7.11 Å². The molecule has 1 amide bonds. The van der Waals surface area contributed by atoms with Gasteiger partial charge in [0, 0.05) is 5.39 Å². The van der Waals surface area contributed by atoms with E-state index in [9.17, 15) is 14.4 Å². The number of esters is 1. The SMILES string of the molecule is COc1ccc([C@H](CC(=O)OC(C)C)NC(=O)c2cc3ccccc3c(=O)[nH]2)cc1. The van der Waals surface area contributed by atoms with Crippen molar-refractivity contribution in [1.82, 2.24) is 10.3 Å². The van der Waals surface area contributed by atoms with Crippen molar-refractivity contribution in [2.45, 2.75) is 32.4 Å². The highest BCUT2D eigenvalue weighted by molar-refractivity contribution is 5.96. The van der Waals surface area contributed by atoms with E-state index in [1.165, 1.54) is 0 Å². The Morgan fingerprint density at radius 2 is 1.77 bits per heavy atom. The lowest BCUT2D eigenvalue weighted by molar-refractivity contribution is -0.147. The number of hydrogen-bond donors (Lipinski definition) is 2. The van der Waals surface area contributed by atoms with Crippen LogP contribution in [0.15, 0.2) is 59.4 Å². The van der Waals surface area contributed by atoms with Gasteiger partial charge in [0.05, 0.1) is 25.7 Å². The van der Waals surface area contributed by atoms with Gasteiger partial charge in [-0.1, -0.05) is 30.3 Å². The molecule has 7 heteroatoms. The minimum atomic E-state index is -0.635. The Balaban J connectivity index is 1.88. The van der Waals surface area contributed by atoms with Crippen molar-refractivity contribution < 1.29 is 19.1 Å². The second kappa shape index (κ2) is 9.26. The van der Waals surface area contributed by atoms with Gasteiger partial charge in [0.25, 0.3) is 11.5 Å². The quantitative estimate of drug-likeness (QED) is 0.585. The van der Waals surface area contributed by atoms with Gasteiger partial charge in [-0.3, -0.25) is 14.4 Å². The number of amides is 1. The minimum Gasteiger partial charge on any atom is -0.497 e. The van der Waals surface area contributed by atoms with Crippen LogP contribution in [0.3, 0.4) is 0 Å². The highest BCUT2D eigenvalue weighted by Crippen LogP contribution is 2.22. The molecule has 3 rings (SSSR count). The normalized spacial score (nSPS) is 11.9. The van der Waals surface area contributed by atoms with E-state index in [1.807, 2.05) is 0 Å². The van der Waals surface area contributed by atoms with Gasteiger partial charge in [0.2, 0.25) is 0 Å². The molecule has 1 heterocycles. The van der Waals surface area contributed by atoms with Crippen molar-refractivity contribution in [1.29, 1.82) is 0 Å². The van der Waals surface area contributed by atoms with Gasteiger partial charge in [-0.2, -0.15) is 0 Å². The van der Waals surface area contributed by atoms with Crippen LogP contribution in [-0.2, 0) is 9.53 Å². The fraction of sp³-hybridized carbons (Fsp3) is 0.261. The Morgan fingerprint density at radius 3 is 2.43 bits per heavy atom. The van der Waals surface area contributed by atoms with E-state index in [1.54, 1.807) is 75.6 Å². The maximum atomic E-state index is 12.9. The molecule has 0 saturated heterocycles. The van der Waals surface area contributed by atoms with Gasteiger partial charge in [0.1, 0.15) is 11.4 Å². The fourth-order valence-corrected chi connectivity index (χ4v) is 3.14. The number of methoxy groups -OCH3 is 1. The molecule has 2 aromatic carbocycles. The number of aromatic amines is 1. The molecule has 1 aromatic heterocycles. The Morgan fingerprint density at radius 1 is 1.07 bits per heavy atom. The lowest BCUT2D eigenvalue weighted by atomic mass is 10.0. The average molecular weight is 408 g/mol. The summed E-state index contributed by atoms with van der Waals surface area (Å²) in [5.74, 6) is -0.262. The summed E-state index contributed by atoms with van der Waals surface area (Å²) in [5.41, 5.74) is 0.487. The Hall–Kier alpha value is -3.61. The standard InChI is InChI=1S/C23H24N2O5/c1-14(2)30-21(26)13-19(15-8-10-17(29-3)11-9-15)24-23(28)20-12-16-6-4-5-7-18(16)22(27)25-20/h4-12,14,19H,13H2,1-3H3,(H,24,28)(H,25,27)/t19-/m0/s1. The molecular formula is C23H24N2O5. The number of carbonyl (C=O) groups excluding carboxylic acids is 2. The van der Waals surface area contributed by atoms with Gasteiger partial charge >= 0.3 is 5.97 Å². The first-order valence-corrected chi connectivity index (χ1v) is 9.63. The summed E-state index contributed by atoms with van der Waals surface area (Å²) in [4.78, 5) is 40.1. The summed E-state index contributed by atoms with van der Waals surface area (Å²) < 4.78 is 10.4. The van der Waals surface area contributed by atoms with Gasteiger partial charge in [-0.05, 0) is 49.1 Å². The minimum absolute atomic E-state index is 0.0476. The topological polar surface area (TPSA) is 97.5 Å². The summed E-state index contributed by atoms with van der Waals surface area (Å²) in [6.07, 6.45) is -0.310. The van der Waals surface area contributed by atoms with E-state index in [0.29, 0.717) is 22.1 Å². The van der Waals surface area contributed by atoms with E-state index >= 15 is 0 Å². The monoisotopic (exact) mass is 408 g/mol. The van der Waals surface area contributed by atoms with Crippen molar-refractivity contribution in [3.8, 4) is 5.75 Å². The first-order valence-electron chi connectivity index (χ1n) is 9.63. The molecule has 2 N–H and O–H groups in total. The van der Waals surface area contributed by atoms with Crippen LogP contribution in [0, 0.1) is 0 Å². The van der Waals surface area contributed by atoms with Crippen LogP contribution >= 0.6 is 0 Å².